The first-order chi connectivity index (χ1) is 10.3. The quantitative estimate of drug-likeness (QED) is 0.773. The van der Waals surface area contributed by atoms with Crippen LogP contribution in [-0.4, -0.2) is 9.67 Å². The second-order valence-electron chi connectivity index (χ2n) is 4.65. The van der Waals surface area contributed by atoms with Crippen LogP contribution in [0.3, 0.4) is 0 Å². The third-order valence-corrected chi connectivity index (χ3v) is 4.10. The van der Waals surface area contributed by atoms with Gasteiger partial charge < -0.3 is 9.67 Å². The number of phenols is 1. The summed E-state index contributed by atoms with van der Waals surface area (Å²) in [6, 6.07) is 17.3. The Kier molecular flexibility index (Phi) is 3.88. The monoisotopic (exact) mass is 296 g/mol. The molecule has 0 aliphatic carbocycles. The predicted octanol–water partition coefficient (Wildman–Crippen LogP) is 4.17. The molecule has 1 aromatic heterocycles. The molecule has 4 heteroatoms. The Bertz CT molecular complexity index is 803. The molecular weight excluding hydrogens is 280 g/mol. The maximum atomic E-state index is 9.54. The molecule has 3 nitrogen and oxygen atoms in total. The van der Waals surface area contributed by atoms with Crippen LogP contribution in [0.25, 0.3) is 11.3 Å². The van der Waals surface area contributed by atoms with Crippen molar-refractivity contribution in [2.24, 2.45) is 4.99 Å². The average Bonchev–Trinajstić information content (AvgIpc) is 2.91. The molecule has 0 radical (unpaired) electrons. The first-order valence-electron chi connectivity index (χ1n) is 6.85. The smallest absolute Gasteiger partial charge is 0.190 e. The van der Waals surface area contributed by atoms with Gasteiger partial charge in [0.1, 0.15) is 5.75 Å². The summed E-state index contributed by atoms with van der Waals surface area (Å²) in [7, 11) is 0. The van der Waals surface area contributed by atoms with Crippen LogP contribution in [0.4, 0.5) is 5.69 Å². The van der Waals surface area contributed by atoms with Gasteiger partial charge in [0.05, 0.1) is 11.4 Å². The van der Waals surface area contributed by atoms with Crippen molar-refractivity contribution in [3.8, 4) is 17.0 Å². The first-order valence-corrected chi connectivity index (χ1v) is 7.73. The van der Waals surface area contributed by atoms with Crippen molar-refractivity contribution < 1.29 is 5.11 Å². The van der Waals surface area contributed by atoms with Crippen molar-refractivity contribution in [2.45, 2.75) is 13.5 Å². The summed E-state index contributed by atoms with van der Waals surface area (Å²) in [5, 5.41) is 11.7. The molecule has 0 saturated carbocycles. The van der Waals surface area contributed by atoms with Crippen LogP contribution in [0.5, 0.6) is 5.75 Å². The van der Waals surface area contributed by atoms with Gasteiger partial charge in [-0.3, -0.25) is 0 Å². The van der Waals surface area contributed by atoms with Crippen molar-refractivity contribution in [1.29, 1.82) is 0 Å². The van der Waals surface area contributed by atoms with Gasteiger partial charge in [0, 0.05) is 18.0 Å². The molecule has 2 aromatic carbocycles. The molecule has 1 N–H and O–H groups in total. The summed E-state index contributed by atoms with van der Waals surface area (Å²) in [4.78, 5) is 5.57. The van der Waals surface area contributed by atoms with E-state index in [0.29, 0.717) is 0 Å². The Morgan fingerprint density at radius 2 is 1.90 bits per heavy atom. The number of aromatic hydroxyl groups is 1. The lowest BCUT2D eigenvalue weighted by Crippen LogP contribution is -2.14. The SMILES string of the molecule is CCn1c(-c2ccccc2)csc1=Nc1cccc(O)c1. The topological polar surface area (TPSA) is 37.5 Å². The molecule has 3 rings (SSSR count). The lowest BCUT2D eigenvalue weighted by molar-refractivity contribution is 0.475. The Morgan fingerprint density at radius 3 is 2.62 bits per heavy atom. The second-order valence-corrected chi connectivity index (χ2v) is 5.48. The minimum absolute atomic E-state index is 0.235. The van der Waals surface area contributed by atoms with Gasteiger partial charge in [0.15, 0.2) is 4.80 Å². The molecule has 0 saturated heterocycles. The van der Waals surface area contributed by atoms with E-state index in [-0.39, 0.29) is 5.75 Å². The molecule has 106 valence electrons. The number of benzene rings is 2. The van der Waals surface area contributed by atoms with Crippen LogP contribution in [-0.2, 0) is 6.54 Å². The summed E-state index contributed by atoms with van der Waals surface area (Å²) in [6.45, 7) is 2.96. The van der Waals surface area contributed by atoms with E-state index < -0.39 is 0 Å². The molecule has 0 atom stereocenters. The van der Waals surface area contributed by atoms with Crippen molar-refractivity contribution >= 4 is 17.0 Å². The lowest BCUT2D eigenvalue weighted by Gasteiger charge is -2.05. The summed E-state index contributed by atoms with van der Waals surface area (Å²) in [5.74, 6) is 0.235. The van der Waals surface area contributed by atoms with Crippen LogP contribution < -0.4 is 4.80 Å². The molecule has 0 fully saturated rings. The molecule has 0 aliphatic heterocycles. The molecule has 0 unspecified atom stereocenters. The number of hydrogen-bond acceptors (Lipinski definition) is 3. The van der Waals surface area contributed by atoms with Crippen LogP contribution in [0, 0.1) is 0 Å². The highest BCUT2D eigenvalue weighted by atomic mass is 32.1. The third-order valence-electron chi connectivity index (χ3n) is 3.24. The summed E-state index contributed by atoms with van der Waals surface area (Å²) in [6.07, 6.45) is 0. The van der Waals surface area contributed by atoms with Gasteiger partial charge in [-0.1, -0.05) is 36.4 Å². The number of thiazole rings is 1. The standard InChI is InChI=1S/C17H16N2OS/c1-2-19-16(13-7-4-3-5-8-13)12-21-17(19)18-14-9-6-10-15(20)11-14/h3-12,20H,2H2,1H3. The number of rotatable bonds is 3. The fourth-order valence-corrected chi connectivity index (χ4v) is 3.23. The van der Waals surface area contributed by atoms with E-state index in [1.165, 1.54) is 11.3 Å². The number of hydrogen-bond donors (Lipinski definition) is 1. The molecule has 0 aliphatic rings. The molecule has 3 aromatic rings. The largest absolute Gasteiger partial charge is 0.508 e. The fraction of sp³-hybridized carbons (Fsp3) is 0.118. The van der Waals surface area contributed by atoms with Crippen molar-refractivity contribution in [3.63, 3.8) is 0 Å². The van der Waals surface area contributed by atoms with Crippen LogP contribution >= 0.6 is 11.3 Å². The lowest BCUT2D eigenvalue weighted by atomic mass is 10.2. The van der Waals surface area contributed by atoms with E-state index in [1.807, 2.05) is 24.3 Å². The first kappa shape index (κ1) is 13.6. The van der Waals surface area contributed by atoms with Gasteiger partial charge in [-0.25, -0.2) is 4.99 Å². The Balaban J connectivity index is 2.11. The Hall–Kier alpha value is -2.33. The Labute approximate surface area is 127 Å². The number of aromatic nitrogens is 1. The minimum Gasteiger partial charge on any atom is -0.508 e. The molecule has 1 heterocycles. The zero-order valence-electron chi connectivity index (χ0n) is 11.7. The maximum absolute atomic E-state index is 9.54. The van der Waals surface area contributed by atoms with E-state index in [4.69, 9.17) is 0 Å². The second kappa shape index (κ2) is 5.97. The van der Waals surface area contributed by atoms with Gasteiger partial charge in [0.25, 0.3) is 0 Å². The van der Waals surface area contributed by atoms with E-state index in [9.17, 15) is 5.11 Å². The van der Waals surface area contributed by atoms with Crippen LogP contribution in [0.1, 0.15) is 6.92 Å². The van der Waals surface area contributed by atoms with Gasteiger partial charge in [-0.2, -0.15) is 0 Å². The van der Waals surface area contributed by atoms with Crippen molar-refractivity contribution in [2.75, 3.05) is 0 Å². The van der Waals surface area contributed by atoms with Crippen LogP contribution in [0.15, 0.2) is 65.0 Å². The van der Waals surface area contributed by atoms with Gasteiger partial charge in [0.2, 0.25) is 0 Å². The third kappa shape index (κ3) is 2.90. The molecule has 0 bridgehead atoms. The van der Waals surface area contributed by atoms with Gasteiger partial charge >= 0.3 is 0 Å². The predicted molar refractivity (Wildman–Crippen MR) is 86.7 cm³/mol. The maximum Gasteiger partial charge on any atom is 0.190 e. The summed E-state index contributed by atoms with van der Waals surface area (Å²) >= 11 is 1.61. The number of nitrogens with zero attached hydrogens (tertiary/aromatic N) is 2. The van der Waals surface area contributed by atoms with Gasteiger partial charge in [-0.15, -0.1) is 11.3 Å². The molecule has 0 spiro atoms. The normalized spacial score (nSPS) is 11.8. The van der Waals surface area contributed by atoms with E-state index in [0.717, 1.165) is 17.0 Å². The van der Waals surface area contributed by atoms with E-state index in [1.54, 1.807) is 29.5 Å². The molecule has 0 amide bonds. The zero-order valence-corrected chi connectivity index (χ0v) is 12.5. The van der Waals surface area contributed by atoms with Crippen LogP contribution in [0.2, 0.25) is 0 Å². The summed E-state index contributed by atoms with van der Waals surface area (Å²) < 4.78 is 2.18. The zero-order chi connectivity index (χ0) is 14.7. The van der Waals surface area contributed by atoms with Crippen molar-refractivity contribution in [3.05, 3.63) is 64.8 Å². The molecular formula is C17H16N2OS. The molecule has 21 heavy (non-hydrogen) atoms. The fourth-order valence-electron chi connectivity index (χ4n) is 2.24. The van der Waals surface area contributed by atoms with E-state index in [2.05, 4.69) is 34.0 Å². The summed E-state index contributed by atoms with van der Waals surface area (Å²) in [5.41, 5.74) is 3.12. The average molecular weight is 296 g/mol. The Morgan fingerprint density at radius 1 is 1.10 bits per heavy atom. The highest BCUT2D eigenvalue weighted by molar-refractivity contribution is 7.07. The highest BCUT2D eigenvalue weighted by Gasteiger charge is 2.06. The van der Waals surface area contributed by atoms with E-state index >= 15 is 0 Å². The number of phenolic OH excluding ortho intramolecular Hbond substituents is 1. The van der Waals surface area contributed by atoms with Gasteiger partial charge in [-0.05, 0) is 24.6 Å². The minimum atomic E-state index is 0.235. The van der Waals surface area contributed by atoms with Crippen molar-refractivity contribution in [1.82, 2.24) is 4.57 Å². The highest BCUT2D eigenvalue weighted by Crippen LogP contribution is 2.21.